The van der Waals surface area contributed by atoms with Gasteiger partial charge in [0.25, 0.3) is 0 Å². The number of nitrogens with zero attached hydrogens (tertiary/aromatic N) is 2. The Kier molecular flexibility index (Phi) is 12.7. The Morgan fingerprint density at radius 2 is 1.68 bits per heavy atom. The van der Waals surface area contributed by atoms with E-state index in [1.165, 1.54) is 64.6 Å². The normalized spacial score (nSPS) is 25.0. The molecule has 0 radical (unpaired) electrons. The van der Waals surface area contributed by atoms with Crippen molar-refractivity contribution < 1.29 is 14.2 Å². The Balaban J connectivity index is 1.46. The van der Waals surface area contributed by atoms with E-state index in [1.807, 2.05) is 0 Å². The van der Waals surface area contributed by atoms with Crippen LogP contribution >= 0.6 is 0 Å². The van der Waals surface area contributed by atoms with Crippen molar-refractivity contribution >= 4 is 0 Å². The van der Waals surface area contributed by atoms with E-state index in [9.17, 15) is 0 Å². The summed E-state index contributed by atoms with van der Waals surface area (Å²) in [5.74, 6) is 1.71. The predicted molar refractivity (Wildman–Crippen MR) is 116 cm³/mol. The highest BCUT2D eigenvalue weighted by Gasteiger charge is 2.29. The lowest BCUT2D eigenvalue weighted by Gasteiger charge is -2.31. The molecule has 0 aromatic carbocycles. The minimum absolute atomic E-state index is 0.765. The summed E-state index contributed by atoms with van der Waals surface area (Å²) in [4.78, 5) is 5.18. The monoisotopic (exact) mass is 398 g/mol. The largest absolute Gasteiger partial charge is 0.383 e. The summed E-state index contributed by atoms with van der Waals surface area (Å²) in [5.41, 5.74) is 0. The van der Waals surface area contributed by atoms with Crippen molar-refractivity contribution in [3.8, 4) is 0 Å². The zero-order valence-corrected chi connectivity index (χ0v) is 18.9. The molecule has 28 heavy (non-hydrogen) atoms. The molecule has 5 nitrogen and oxygen atoms in total. The van der Waals surface area contributed by atoms with E-state index in [4.69, 9.17) is 14.2 Å². The van der Waals surface area contributed by atoms with Gasteiger partial charge in [0, 0.05) is 52.6 Å². The molecule has 5 heteroatoms. The van der Waals surface area contributed by atoms with Crippen molar-refractivity contribution in [1.82, 2.24) is 9.80 Å². The summed E-state index contributed by atoms with van der Waals surface area (Å²) in [6, 6.07) is 0.765. The van der Waals surface area contributed by atoms with Crippen LogP contribution in [0.15, 0.2) is 0 Å². The summed E-state index contributed by atoms with van der Waals surface area (Å²) in [5, 5.41) is 0. The molecule has 2 aliphatic heterocycles. The summed E-state index contributed by atoms with van der Waals surface area (Å²) in [6.07, 6.45) is 9.06. The van der Waals surface area contributed by atoms with Crippen molar-refractivity contribution in [1.29, 1.82) is 0 Å². The zero-order chi connectivity index (χ0) is 20.0. The smallest absolute Gasteiger partial charge is 0.0593 e. The number of rotatable bonds is 15. The van der Waals surface area contributed by atoms with Crippen LogP contribution in [0.1, 0.15) is 58.8 Å². The third-order valence-electron chi connectivity index (χ3n) is 6.70. The first kappa shape index (κ1) is 24.1. The van der Waals surface area contributed by atoms with Gasteiger partial charge >= 0.3 is 0 Å². The number of ether oxygens (including phenoxy) is 3. The Hall–Kier alpha value is -0.200. The van der Waals surface area contributed by atoms with Crippen LogP contribution in [0.4, 0.5) is 0 Å². The summed E-state index contributed by atoms with van der Waals surface area (Å²) < 4.78 is 16.7. The first-order valence-corrected chi connectivity index (χ1v) is 11.9. The van der Waals surface area contributed by atoms with Gasteiger partial charge in [0.15, 0.2) is 0 Å². The molecule has 0 amide bonds. The Morgan fingerprint density at radius 1 is 0.857 bits per heavy atom. The van der Waals surface area contributed by atoms with E-state index in [-0.39, 0.29) is 0 Å². The molecule has 2 aliphatic rings. The van der Waals surface area contributed by atoms with Gasteiger partial charge in [0.05, 0.1) is 13.2 Å². The fraction of sp³-hybridized carbons (Fsp3) is 1.00. The Bertz CT molecular complexity index is 375. The topological polar surface area (TPSA) is 34.2 Å². The second kappa shape index (κ2) is 14.7. The molecule has 0 N–H and O–H groups in total. The van der Waals surface area contributed by atoms with Crippen LogP contribution < -0.4 is 0 Å². The van der Waals surface area contributed by atoms with Gasteiger partial charge in [-0.05, 0) is 76.8 Å². The molecule has 0 aliphatic carbocycles. The molecule has 2 fully saturated rings. The van der Waals surface area contributed by atoms with Gasteiger partial charge in [-0.2, -0.15) is 0 Å². The Morgan fingerprint density at radius 3 is 2.39 bits per heavy atom. The molecule has 0 bridgehead atoms. The molecule has 2 heterocycles. The Labute approximate surface area is 174 Å². The van der Waals surface area contributed by atoms with Gasteiger partial charge < -0.3 is 19.1 Å². The van der Waals surface area contributed by atoms with Gasteiger partial charge in [-0.15, -0.1) is 0 Å². The number of methoxy groups -OCH3 is 1. The lowest BCUT2D eigenvalue weighted by atomic mass is 9.94. The molecular weight excluding hydrogens is 352 g/mol. The standard InChI is InChI=1S/C23H46N2O3/c1-4-23-19-22(20-25(23)14-18-27-5-2)7-6-15-28-16-10-21-8-11-24(12-9-21)13-17-26-3/h21-23H,4-20H2,1-3H3/t22-,23+/m0/s1. The highest BCUT2D eigenvalue weighted by atomic mass is 16.5. The zero-order valence-electron chi connectivity index (χ0n) is 18.9. The first-order valence-electron chi connectivity index (χ1n) is 11.9. The van der Waals surface area contributed by atoms with Crippen LogP contribution in [0, 0.1) is 11.8 Å². The first-order chi connectivity index (χ1) is 13.8. The molecule has 2 rings (SSSR count). The van der Waals surface area contributed by atoms with Gasteiger partial charge in [0.1, 0.15) is 0 Å². The number of likely N-dealkylation sites (tertiary alicyclic amines) is 2. The van der Waals surface area contributed by atoms with Crippen molar-refractivity contribution in [2.45, 2.75) is 64.8 Å². The predicted octanol–water partition coefficient (Wildman–Crippen LogP) is 3.67. The van der Waals surface area contributed by atoms with Crippen LogP contribution in [0.25, 0.3) is 0 Å². The van der Waals surface area contributed by atoms with Crippen LogP contribution in [-0.4, -0.2) is 88.7 Å². The van der Waals surface area contributed by atoms with Gasteiger partial charge in [0.2, 0.25) is 0 Å². The molecule has 2 atom stereocenters. The molecule has 166 valence electrons. The average molecular weight is 399 g/mol. The van der Waals surface area contributed by atoms with Crippen molar-refractivity contribution in [2.24, 2.45) is 11.8 Å². The maximum Gasteiger partial charge on any atom is 0.0593 e. The second-order valence-electron chi connectivity index (χ2n) is 8.68. The van der Waals surface area contributed by atoms with Gasteiger partial charge in [-0.3, -0.25) is 4.90 Å². The van der Waals surface area contributed by atoms with E-state index >= 15 is 0 Å². The number of hydrogen-bond donors (Lipinski definition) is 0. The molecule has 0 aromatic heterocycles. The average Bonchev–Trinajstić information content (AvgIpc) is 3.12. The van der Waals surface area contributed by atoms with Crippen LogP contribution in [0.3, 0.4) is 0 Å². The SMILES string of the molecule is CCOCCN1C[C@@H](CCCOCCC2CCN(CCOC)CC2)C[C@H]1CC. The van der Waals surface area contributed by atoms with E-state index in [0.29, 0.717) is 0 Å². The van der Waals surface area contributed by atoms with E-state index < -0.39 is 0 Å². The summed E-state index contributed by atoms with van der Waals surface area (Å²) in [7, 11) is 1.79. The minimum atomic E-state index is 0.765. The van der Waals surface area contributed by atoms with E-state index in [2.05, 4.69) is 23.6 Å². The van der Waals surface area contributed by atoms with Crippen molar-refractivity contribution in [3.05, 3.63) is 0 Å². The lowest BCUT2D eigenvalue weighted by molar-refractivity contribution is 0.0869. The summed E-state index contributed by atoms with van der Waals surface area (Å²) in [6.45, 7) is 14.8. The molecular formula is C23H46N2O3. The quantitative estimate of drug-likeness (QED) is 0.393. The third-order valence-corrected chi connectivity index (χ3v) is 6.70. The molecule has 0 saturated carbocycles. The van der Waals surface area contributed by atoms with Gasteiger partial charge in [-0.25, -0.2) is 0 Å². The minimum Gasteiger partial charge on any atom is -0.383 e. The van der Waals surface area contributed by atoms with Gasteiger partial charge in [-0.1, -0.05) is 6.92 Å². The molecule has 0 spiro atoms. The highest BCUT2D eigenvalue weighted by Crippen LogP contribution is 2.28. The second-order valence-corrected chi connectivity index (χ2v) is 8.68. The van der Waals surface area contributed by atoms with Crippen LogP contribution in [0.2, 0.25) is 0 Å². The van der Waals surface area contributed by atoms with Crippen molar-refractivity contribution in [2.75, 3.05) is 72.9 Å². The lowest BCUT2D eigenvalue weighted by Crippen LogP contribution is -2.36. The maximum absolute atomic E-state index is 5.98. The molecule has 0 unspecified atom stereocenters. The highest BCUT2D eigenvalue weighted by molar-refractivity contribution is 4.84. The molecule has 2 saturated heterocycles. The molecule has 0 aromatic rings. The van der Waals surface area contributed by atoms with Crippen molar-refractivity contribution in [3.63, 3.8) is 0 Å². The number of piperidine rings is 1. The van der Waals surface area contributed by atoms with Crippen LogP contribution in [0.5, 0.6) is 0 Å². The van der Waals surface area contributed by atoms with E-state index in [1.54, 1.807) is 7.11 Å². The van der Waals surface area contributed by atoms with Crippen LogP contribution in [-0.2, 0) is 14.2 Å². The fourth-order valence-corrected chi connectivity index (χ4v) is 4.87. The fourth-order valence-electron chi connectivity index (χ4n) is 4.87. The summed E-state index contributed by atoms with van der Waals surface area (Å²) >= 11 is 0. The number of hydrogen-bond acceptors (Lipinski definition) is 5. The van der Waals surface area contributed by atoms with E-state index in [0.717, 1.165) is 64.0 Å². The third kappa shape index (κ3) is 9.08. The maximum atomic E-state index is 5.98.